The minimum atomic E-state index is -0.417. The Morgan fingerprint density at radius 3 is 2.86 bits per heavy atom. The normalized spacial score (nSPS) is 10.1. The molecule has 0 saturated heterocycles. The highest BCUT2D eigenvalue weighted by Crippen LogP contribution is 2.01. The third-order valence-corrected chi connectivity index (χ3v) is 1.85. The Bertz CT molecular complexity index is 335. The van der Waals surface area contributed by atoms with Crippen LogP contribution >= 0.6 is 0 Å². The highest BCUT2D eigenvalue weighted by Gasteiger charge is 2.00. The first-order valence-electron chi connectivity index (χ1n) is 4.70. The first-order chi connectivity index (χ1) is 6.76. The molecule has 0 saturated carbocycles. The summed E-state index contributed by atoms with van der Waals surface area (Å²) in [5, 5.41) is 0. The van der Waals surface area contributed by atoms with E-state index < -0.39 is 5.69 Å². The molecule has 0 atom stereocenters. The number of nitrogens with zero attached hydrogens (tertiary/aromatic N) is 2. The minimum Gasteiger partial charge on any atom is -0.294 e. The number of hydrogen-bond donors (Lipinski definition) is 3. The molecular weight excluding hydrogens is 182 g/mol. The quantitative estimate of drug-likeness (QED) is 0.355. The summed E-state index contributed by atoms with van der Waals surface area (Å²) >= 11 is 0. The third kappa shape index (κ3) is 3.14. The number of rotatable bonds is 5. The van der Waals surface area contributed by atoms with Gasteiger partial charge in [-0.1, -0.05) is 19.8 Å². The Morgan fingerprint density at radius 1 is 1.43 bits per heavy atom. The van der Waals surface area contributed by atoms with Crippen LogP contribution in [0.2, 0.25) is 0 Å². The number of unbranched alkanes of at least 4 members (excludes halogenated alkanes) is 2. The van der Waals surface area contributed by atoms with Crippen LogP contribution in [0, 0.1) is 0 Å². The van der Waals surface area contributed by atoms with E-state index >= 15 is 0 Å². The average Bonchev–Trinajstić information content (AvgIpc) is 2.17. The summed E-state index contributed by atoms with van der Waals surface area (Å²) in [4.78, 5) is 21.1. The summed E-state index contributed by atoms with van der Waals surface area (Å²) in [6, 6.07) is 0. The van der Waals surface area contributed by atoms with E-state index in [9.17, 15) is 4.79 Å². The summed E-state index contributed by atoms with van der Waals surface area (Å²) in [7, 11) is 0. The summed E-state index contributed by atoms with van der Waals surface area (Å²) < 4.78 is 0. The van der Waals surface area contributed by atoms with Crippen molar-refractivity contribution in [2.75, 3.05) is 5.43 Å². The molecule has 1 aromatic heterocycles. The van der Waals surface area contributed by atoms with Gasteiger partial charge in [0.05, 0.1) is 0 Å². The number of nitrogen functional groups attached to an aromatic ring is 1. The van der Waals surface area contributed by atoms with Crippen LogP contribution in [-0.4, -0.2) is 15.0 Å². The molecule has 0 radical (unpaired) electrons. The van der Waals surface area contributed by atoms with Crippen LogP contribution in [0.3, 0.4) is 0 Å². The molecule has 4 N–H and O–H groups in total. The highest BCUT2D eigenvalue weighted by molar-refractivity contribution is 5.19. The monoisotopic (exact) mass is 197 g/mol. The smallest absolute Gasteiger partial charge is 0.294 e. The van der Waals surface area contributed by atoms with Crippen molar-refractivity contribution >= 4 is 5.95 Å². The fourth-order valence-electron chi connectivity index (χ4n) is 1.15. The molecule has 0 fully saturated rings. The second-order valence-corrected chi connectivity index (χ2v) is 3.03. The van der Waals surface area contributed by atoms with Crippen molar-refractivity contribution in [3.63, 3.8) is 0 Å². The lowest BCUT2D eigenvalue weighted by Gasteiger charge is -2.01. The van der Waals surface area contributed by atoms with Gasteiger partial charge in [-0.25, -0.2) is 10.6 Å². The van der Waals surface area contributed by atoms with Crippen molar-refractivity contribution in [2.45, 2.75) is 32.6 Å². The summed E-state index contributed by atoms with van der Waals surface area (Å²) in [5.41, 5.74) is 1.84. The predicted molar refractivity (Wildman–Crippen MR) is 53.7 cm³/mol. The van der Waals surface area contributed by atoms with Crippen molar-refractivity contribution in [3.05, 3.63) is 16.3 Å². The molecule has 78 valence electrons. The number of aromatic nitrogens is 3. The van der Waals surface area contributed by atoms with Gasteiger partial charge in [-0.2, -0.15) is 9.97 Å². The first kappa shape index (κ1) is 10.6. The predicted octanol–water partition coefficient (Wildman–Crippen LogP) is 0.183. The highest BCUT2D eigenvalue weighted by atomic mass is 16.1. The molecular formula is C8H15N5O. The molecule has 0 amide bonds. The van der Waals surface area contributed by atoms with E-state index in [1.54, 1.807) is 0 Å². The maximum atomic E-state index is 11.0. The van der Waals surface area contributed by atoms with Crippen LogP contribution in [0.1, 0.15) is 32.0 Å². The van der Waals surface area contributed by atoms with Gasteiger partial charge >= 0.3 is 5.69 Å². The van der Waals surface area contributed by atoms with E-state index in [-0.39, 0.29) is 5.95 Å². The molecule has 6 nitrogen and oxygen atoms in total. The molecule has 0 bridgehead atoms. The second kappa shape index (κ2) is 5.33. The second-order valence-electron chi connectivity index (χ2n) is 3.03. The lowest BCUT2D eigenvalue weighted by atomic mass is 10.2. The number of anilines is 1. The Kier molecular flexibility index (Phi) is 4.06. The lowest BCUT2D eigenvalue weighted by Crippen LogP contribution is -2.21. The summed E-state index contributed by atoms with van der Waals surface area (Å²) in [6.45, 7) is 2.12. The van der Waals surface area contributed by atoms with Crippen molar-refractivity contribution in [1.29, 1.82) is 0 Å². The summed E-state index contributed by atoms with van der Waals surface area (Å²) in [6.07, 6.45) is 4.02. The van der Waals surface area contributed by atoms with Gasteiger partial charge < -0.3 is 0 Å². The third-order valence-electron chi connectivity index (χ3n) is 1.85. The number of H-pyrrole nitrogens is 1. The average molecular weight is 197 g/mol. The maximum Gasteiger partial charge on any atom is 0.349 e. The number of aromatic amines is 1. The Balaban J connectivity index is 2.67. The van der Waals surface area contributed by atoms with Crippen LogP contribution in [0.25, 0.3) is 0 Å². The zero-order valence-electron chi connectivity index (χ0n) is 8.21. The Morgan fingerprint density at radius 2 is 2.21 bits per heavy atom. The van der Waals surface area contributed by atoms with Gasteiger partial charge in [0.15, 0.2) is 0 Å². The molecule has 6 heteroatoms. The molecule has 0 unspecified atom stereocenters. The number of nitrogens with two attached hydrogens (primary N) is 1. The zero-order valence-corrected chi connectivity index (χ0v) is 8.21. The van der Waals surface area contributed by atoms with E-state index in [2.05, 4.69) is 27.3 Å². The zero-order chi connectivity index (χ0) is 10.4. The maximum absolute atomic E-state index is 11.0. The fraction of sp³-hybridized carbons (Fsp3) is 0.625. The lowest BCUT2D eigenvalue weighted by molar-refractivity contribution is 0.686. The van der Waals surface area contributed by atoms with E-state index in [1.807, 2.05) is 0 Å². The van der Waals surface area contributed by atoms with Gasteiger partial charge in [0.25, 0.3) is 0 Å². The van der Waals surface area contributed by atoms with E-state index in [4.69, 9.17) is 5.84 Å². The van der Waals surface area contributed by atoms with Crippen molar-refractivity contribution in [3.8, 4) is 0 Å². The number of nitrogens with one attached hydrogen (secondary N) is 2. The van der Waals surface area contributed by atoms with Gasteiger partial charge in [-0.05, 0) is 6.42 Å². The minimum absolute atomic E-state index is 0.167. The molecule has 0 aliphatic rings. The Hall–Kier alpha value is -1.43. The van der Waals surface area contributed by atoms with Gasteiger partial charge in [-0.3, -0.25) is 10.4 Å². The van der Waals surface area contributed by atoms with Gasteiger partial charge in [-0.15, -0.1) is 0 Å². The van der Waals surface area contributed by atoms with E-state index in [0.29, 0.717) is 5.82 Å². The van der Waals surface area contributed by atoms with Gasteiger partial charge in [0.2, 0.25) is 5.95 Å². The van der Waals surface area contributed by atoms with Crippen molar-refractivity contribution < 1.29 is 0 Å². The number of aryl methyl sites for hydroxylation is 1. The van der Waals surface area contributed by atoms with Crippen LogP contribution in [-0.2, 0) is 6.42 Å². The van der Waals surface area contributed by atoms with Gasteiger partial charge in [0.1, 0.15) is 5.82 Å². The van der Waals surface area contributed by atoms with Crippen LogP contribution < -0.4 is 17.0 Å². The SMILES string of the molecule is CCCCCc1nc(NN)nc(=O)[nH]1. The molecule has 0 aliphatic heterocycles. The van der Waals surface area contributed by atoms with E-state index in [1.165, 1.54) is 0 Å². The molecule has 1 aromatic rings. The van der Waals surface area contributed by atoms with Crippen LogP contribution in [0.15, 0.2) is 4.79 Å². The molecule has 0 spiro atoms. The van der Waals surface area contributed by atoms with Crippen LogP contribution in [0.4, 0.5) is 5.95 Å². The van der Waals surface area contributed by atoms with Crippen LogP contribution in [0.5, 0.6) is 0 Å². The number of hydrogen-bond acceptors (Lipinski definition) is 5. The molecule has 1 heterocycles. The van der Waals surface area contributed by atoms with E-state index in [0.717, 1.165) is 25.7 Å². The van der Waals surface area contributed by atoms with Gasteiger partial charge in [0, 0.05) is 6.42 Å². The fourth-order valence-corrected chi connectivity index (χ4v) is 1.15. The number of hydrazine groups is 1. The molecule has 0 aliphatic carbocycles. The largest absolute Gasteiger partial charge is 0.349 e. The molecule has 0 aromatic carbocycles. The Labute approximate surface area is 81.9 Å². The van der Waals surface area contributed by atoms with Crippen molar-refractivity contribution in [2.24, 2.45) is 5.84 Å². The molecule has 14 heavy (non-hydrogen) atoms. The molecule has 1 rings (SSSR count). The summed E-state index contributed by atoms with van der Waals surface area (Å²) in [5.74, 6) is 5.91. The first-order valence-corrected chi connectivity index (χ1v) is 4.70. The topological polar surface area (TPSA) is 96.7 Å². The standard InChI is InChI=1S/C8H15N5O/c1-2-3-4-5-6-10-7(13-9)12-8(14)11-6/h2-5,9H2,1H3,(H2,10,11,12,13,14). The van der Waals surface area contributed by atoms with Crippen molar-refractivity contribution in [1.82, 2.24) is 15.0 Å².